The van der Waals surface area contributed by atoms with E-state index in [1.165, 1.54) is 0 Å². The molecule has 0 N–H and O–H groups in total. The van der Waals surface area contributed by atoms with Crippen LogP contribution in [0, 0.1) is 6.92 Å². The van der Waals surface area contributed by atoms with Crippen LogP contribution < -0.4 is 0 Å². The second-order valence-corrected chi connectivity index (χ2v) is 11.0. The van der Waals surface area contributed by atoms with Crippen LogP contribution in [0.4, 0.5) is 0 Å². The maximum absolute atomic E-state index is 13.1. The van der Waals surface area contributed by atoms with Crippen molar-refractivity contribution >= 4 is 27.0 Å². The second kappa shape index (κ2) is 8.33. The van der Waals surface area contributed by atoms with Gasteiger partial charge in [0.1, 0.15) is 10.8 Å². The molecule has 2 aromatic heterocycles. The number of carbonyl (C=O) groups excluding carboxylic acids is 1. The van der Waals surface area contributed by atoms with Gasteiger partial charge in [0, 0.05) is 37.9 Å². The van der Waals surface area contributed by atoms with Gasteiger partial charge in [-0.05, 0) is 48.9 Å². The Morgan fingerprint density at radius 2 is 1.88 bits per heavy atom. The molecular weight excluding hydrogens is 426 g/mol. The Balaban J connectivity index is 1.17. The van der Waals surface area contributed by atoms with Gasteiger partial charge in [0.2, 0.25) is 15.9 Å². The summed E-state index contributed by atoms with van der Waals surface area (Å²) >= 11 is 0. The number of furan rings is 1. The number of nitrogens with zero attached hydrogens (tertiary/aromatic N) is 3. The van der Waals surface area contributed by atoms with E-state index in [0.29, 0.717) is 19.5 Å². The highest BCUT2D eigenvalue weighted by Gasteiger charge is 2.43. The molecule has 7 nitrogen and oxygen atoms in total. The highest BCUT2D eigenvalue weighted by atomic mass is 32.2. The van der Waals surface area contributed by atoms with Crippen LogP contribution in [0.2, 0.25) is 0 Å². The standard InChI is InChI=1S/C24H27N3O4S/c1-17-5-2-3-6-19(17)13-23(28)26-14-20(15-26)32(29,30)27-11-8-18(9-12-27)21-16-31-22-7-4-10-25-24(21)22/h2-7,10,16,18,20H,8-9,11-15H2,1H3. The third kappa shape index (κ3) is 3.82. The number of sulfonamides is 1. The first-order valence-corrected chi connectivity index (χ1v) is 12.6. The van der Waals surface area contributed by atoms with Crippen molar-refractivity contribution in [2.24, 2.45) is 0 Å². The fourth-order valence-corrected chi connectivity index (χ4v) is 6.60. The van der Waals surface area contributed by atoms with E-state index >= 15 is 0 Å². The maximum Gasteiger partial charge on any atom is 0.227 e. The van der Waals surface area contributed by atoms with Gasteiger partial charge in [-0.25, -0.2) is 12.7 Å². The third-order valence-corrected chi connectivity index (χ3v) is 9.06. The molecule has 0 saturated carbocycles. The van der Waals surface area contributed by atoms with Gasteiger partial charge in [-0.1, -0.05) is 24.3 Å². The highest BCUT2D eigenvalue weighted by molar-refractivity contribution is 7.89. The summed E-state index contributed by atoms with van der Waals surface area (Å²) in [4.78, 5) is 18.7. The lowest BCUT2D eigenvalue weighted by atomic mass is 9.91. The van der Waals surface area contributed by atoms with Crippen LogP contribution in [0.1, 0.15) is 35.4 Å². The topological polar surface area (TPSA) is 83.7 Å². The largest absolute Gasteiger partial charge is 0.462 e. The molecule has 2 aliphatic rings. The maximum atomic E-state index is 13.1. The molecule has 1 aromatic carbocycles. The van der Waals surface area contributed by atoms with Crippen LogP contribution in [0.5, 0.6) is 0 Å². The predicted molar refractivity (Wildman–Crippen MR) is 122 cm³/mol. The lowest BCUT2D eigenvalue weighted by Gasteiger charge is -2.42. The Labute approximate surface area is 188 Å². The number of piperidine rings is 1. The number of likely N-dealkylation sites (tertiary alicyclic amines) is 1. The molecule has 2 fully saturated rings. The Morgan fingerprint density at radius 1 is 1.12 bits per heavy atom. The summed E-state index contributed by atoms with van der Waals surface area (Å²) in [5, 5.41) is -0.503. The fraction of sp³-hybridized carbons (Fsp3) is 0.417. The normalized spacial score (nSPS) is 18.7. The van der Waals surface area contributed by atoms with Crippen molar-refractivity contribution in [3.8, 4) is 0 Å². The van der Waals surface area contributed by atoms with Gasteiger partial charge >= 0.3 is 0 Å². The molecule has 168 valence electrons. The Hall–Kier alpha value is -2.71. The summed E-state index contributed by atoms with van der Waals surface area (Å²) in [5.74, 6) is 0.231. The molecule has 32 heavy (non-hydrogen) atoms. The molecule has 8 heteroatoms. The van der Waals surface area contributed by atoms with Crippen LogP contribution >= 0.6 is 0 Å². The zero-order valence-electron chi connectivity index (χ0n) is 18.1. The van der Waals surface area contributed by atoms with Crippen molar-refractivity contribution in [1.29, 1.82) is 0 Å². The molecule has 2 saturated heterocycles. The van der Waals surface area contributed by atoms with Crippen molar-refractivity contribution in [3.05, 3.63) is 65.5 Å². The van der Waals surface area contributed by atoms with E-state index in [-0.39, 0.29) is 24.9 Å². The first-order valence-electron chi connectivity index (χ1n) is 11.1. The number of hydrogen-bond donors (Lipinski definition) is 0. The smallest absolute Gasteiger partial charge is 0.227 e. The summed E-state index contributed by atoms with van der Waals surface area (Å²) < 4.78 is 33.4. The minimum atomic E-state index is -3.41. The van der Waals surface area contributed by atoms with E-state index in [1.54, 1.807) is 21.7 Å². The van der Waals surface area contributed by atoms with Crippen LogP contribution in [0.15, 0.2) is 53.3 Å². The molecule has 3 aromatic rings. The molecule has 5 rings (SSSR count). The second-order valence-electron chi connectivity index (χ2n) is 8.78. The lowest BCUT2D eigenvalue weighted by molar-refractivity contribution is -0.133. The number of carbonyl (C=O) groups is 1. The van der Waals surface area contributed by atoms with E-state index in [0.717, 1.165) is 40.6 Å². The highest BCUT2D eigenvalue weighted by Crippen LogP contribution is 2.35. The summed E-state index contributed by atoms with van der Waals surface area (Å²) in [6.45, 7) is 3.52. The first-order chi connectivity index (χ1) is 15.4. The SMILES string of the molecule is Cc1ccccc1CC(=O)N1CC(S(=O)(=O)N2CCC(c3coc4cccnc34)CC2)C1. The van der Waals surface area contributed by atoms with Crippen molar-refractivity contribution in [1.82, 2.24) is 14.2 Å². The number of aromatic nitrogens is 1. The fourth-order valence-electron chi connectivity index (χ4n) is 4.72. The molecule has 2 aliphatic heterocycles. The van der Waals surface area contributed by atoms with Gasteiger partial charge < -0.3 is 9.32 Å². The van der Waals surface area contributed by atoms with E-state index in [1.807, 2.05) is 43.3 Å². The molecule has 1 amide bonds. The minimum Gasteiger partial charge on any atom is -0.462 e. The quantitative estimate of drug-likeness (QED) is 0.593. The molecular formula is C24H27N3O4S. The van der Waals surface area contributed by atoms with Gasteiger partial charge in [0.15, 0.2) is 5.58 Å². The van der Waals surface area contributed by atoms with Crippen LogP contribution in [-0.2, 0) is 21.2 Å². The zero-order chi connectivity index (χ0) is 22.3. The summed E-state index contributed by atoms with van der Waals surface area (Å²) in [5.41, 5.74) is 4.77. The molecule has 0 atom stereocenters. The van der Waals surface area contributed by atoms with E-state index in [9.17, 15) is 13.2 Å². The van der Waals surface area contributed by atoms with Crippen LogP contribution in [0.3, 0.4) is 0 Å². The number of hydrogen-bond acceptors (Lipinski definition) is 5. The van der Waals surface area contributed by atoms with Crippen molar-refractivity contribution in [3.63, 3.8) is 0 Å². The van der Waals surface area contributed by atoms with E-state index in [2.05, 4.69) is 4.98 Å². The average molecular weight is 454 g/mol. The molecule has 0 spiro atoms. The summed E-state index contributed by atoms with van der Waals surface area (Å²) in [7, 11) is -3.41. The lowest BCUT2D eigenvalue weighted by Crippen LogP contribution is -2.60. The molecule has 4 heterocycles. The Morgan fingerprint density at radius 3 is 2.62 bits per heavy atom. The minimum absolute atomic E-state index is 0.0104. The summed E-state index contributed by atoms with van der Waals surface area (Å²) in [6.07, 6.45) is 5.32. The number of benzene rings is 1. The monoisotopic (exact) mass is 453 g/mol. The zero-order valence-corrected chi connectivity index (χ0v) is 18.9. The number of aryl methyl sites for hydroxylation is 1. The number of rotatable bonds is 5. The van der Waals surface area contributed by atoms with Gasteiger partial charge in [-0.3, -0.25) is 9.78 Å². The number of pyridine rings is 1. The Kier molecular flexibility index (Phi) is 5.51. The van der Waals surface area contributed by atoms with Gasteiger partial charge in [-0.2, -0.15) is 0 Å². The third-order valence-electron chi connectivity index (χ3n) is 6.84. The van der Waals surface area contributed by atoms with Gasteiger partial charge in [0.25, 0.3) is 0 Å². The van der Waals surface area contributed by atoms with Crippen molar-refractivity contribution < 1.29 is 17.6 Å². The summed E-state index contributed by atoms with van der Waals surface area (Å²) in [6, 6.07) is 11.5. The first kappa shape index (κ1) is 21.2. The van der Waals surface area contributed by atoms with Gasteiger partial charge in [0.05, 0.1) is 12.7 Å². The van der Waals surface area contributed by atoms with Crippen LogP contribution in [0.25, 0.3) is 11.1 Å². The average Bonchev–Trinajstić information content (AvgIpc) is 3.18. The van der Waals surface area contributed by atoms with Crippen LogP contribution in [-0.4, -0.2) is 59.9 Å². The molecule has 0 bridgehead atoms. The molecule has 0 aliphatic carbocycles. The molecule has 0 radical (unpaired) electrons. The number of amides is 1. The van der Waals surface area contributed by atoms with E-state index < -0.39 is 15.3 Å². The van der Waals surface area contributed by atoms with E-state index in [4.69, 9.17) is 4.42 Å². The number of fused-ring (bicyclic) bond motifs is 1. The van der Waals surface area contributed by atoms with Crippen molar-refractivity contribution in [2.75, 3.05) is 26.2 Å². The molecule has 0 unspecified atom stereocenters. The van der Waals surface area contributed by atoms with Gasteiger partial charge in [-0.15, -0.1) is 0 Å². The Bertz CT molecular complexity index is 1240. The van der Waals surface area contributed by atoms with Crippen molar-refractivity contribution in [2.45, 2.75) is 37.4 Å². The predicted octanol–water partition coefficient (Wildman–Crippen LogP) is 3.10.